The minimum absolute atomic E-state index is 0.0860. The molecule has 7 nitrogen and oxygen atoms in total. The molecule has 112 valence electrons. The van der Waals surface area contributed by atoms with Crippen LogP contribution in [0.15, 0.2) is 35.2 Å². The monoisotopic (exact) mass is 308 g/mol. The van der Waals surface area contributed by atoms with E-state index >= 15 is 0 Å². The van der Waals surface area contributed by atoms with Gasteiger partial charge in [-0.2, -0.15) is 17.4 Å². The molecule has 0 aromatic carbocycles. The molecule has 3 rings (SSSR count). The zero-order chi connectivity index (χ0) is 14.7. The van der Waals surface area contributed by atoms with Crippen LogP contribution in [0.1, 0.15) is 18.5 Å². The molecule has 8 heteroatoms. The molecule has 0 aliphatic carbocycles. The molecule has 0 unspecified atom stereocenters. The first-order chi connectivity index (χ1) is 10.2. The Morgan fingerprint density at radius 1 is 1.24 bits per heavy atom. The number of aromatic nitrogens is 2. The fourth-order valence-corrected chi connectivity index (χ4v) is 3.54. The van der Waals surface area contributed by atoms with Crippen LogP contribution in [-0.2, 0) is 16.8 Å². The van der Waals surface area contributed by atoms with Crippen molar-refractivity contribution >= 4 is 10.2 Å². The van der Waals surface area contributed by atoms with Crippen molar-refractivity contribution in [1.29, 1.82) is 0 Å². The first-order valence-electron chi connectivity index (χ1n) is 6.75. The highest BCUT2D eigenvalue weighted by Crippen LogP contribution is 2.20. The third kappa shape index (κ3) is 3.12. The summed E-state index contributed by atoms with van der Waals surface area (Å²) in [5, 5.41) is 0. The predicted octanol–water partition coefficient (Wildman–Crippen LogP) is 1.17. The van der Waals surface area contributed by atoms with E-state index < -0.39 is 10.2 Å². The quantitative estimate of drug-likeness (QED) is 0.895. The van der Waals surface area contributed by atoms with Crippen molar-refractivity contribution in [3.8, 4) is 11.5 Å². The van der Waals surface area contributed by atoms with Gasteiger partial charge in [-0.3, -0.25) is 4.98 Å². The van der Waals surface area contributed by atoms with Crippen LogP contribution in [0.3, 0.4) is 0 Å². The summed E-state index contributed by atoms with van der Waals surface area (Å²) in [5.74, 6) is 0.568. The summed E-state index contributed by atoms with van der Waals surface area (Å²) in [4.78, 5) is 8.41. The van der Waals surface area contributed by atoms with Gasteiger partial charge in [0.05, 0.1) is 18.5 Å². The molecular weight excluding hydrogens is 292 g/mol. The van der Waals surface area contributed by atoms with Crippen LogP contribution in [-0.4, -0.2) is 35.8 Å². The molecule has 0 bridgehead atoms. The summed E-state index contributed by atoms with van der Waals surface area (Å²) in [6, 6.07) is 3.52. The lowest BCUT2D eigenvalue weighted by atomic mass is 10.2. The highest BCUT2D eigenvalue weighted by molar-refractivity contribution is 7.87. The lowest BCUT2D eigenvalue weighted by molar-refractivity contribution is 0.464. The highest BCUT2D eigenvalue weighted by Gasteiger charge is 2.25. The molecule has 0 radical (unpaired) electrons. The van der Waals surface area contributed by atoms with E-state index in [1.807, 2.05) is 0 Å². The van der Waals surface area contributed by atoms with Crippen molar-refractivity contribution in [3.05, 3.63) is 36.5 Å². The van der Waals surface area contributed by atoms with E-state index in [0.29, 0.717) is 30.2 Å². The summed E-state index contributed by atoms with van der Waals surface area (Å²) in [5.41, 5.74) is 1.09. The van der Waals surface area contributed by atoms with Crippen LogP contribution >= 0.6 is 0 Å². The Bertz CT molecular complexity index is 694. The number of hydrogen-bond acceptors (Lipinski definition) is 5. The zero-order valence-electron chi connectivity index (χ0n) is 11.4. The normalized spacial score (nSPS) is 16.4. The second-order valence-electron chi connectivity index (χ2n) is 4.76. The Hall–Kier alpha value is -1.77. The number of rotatable bonds is 5. The molecule has 0 saturated carbocycles. The number of furan rings is 1. The number of nitrogens with one attached hydrogen (secondary N) is 1. The Morgan fingerprint density at radius 2 is 2.00 bits per heavy atom. The second-order valence-corrected chi connectivity index (χ2v) is 6.52. The molecule has 2 aromatic rings. The minimum Gasteiger partial charge on any atom is -0.463 e. The Labute approximate surface area is 123 Å². The molecule has 2 aromatic heterocycles. The van der Waals surface area contributed by atoms with E-state index in [2.05, 4.69) is 14.7 Å². The van der Waals surface area contributed by atoms with E-state index in [9.17, 15) is 8.42 Å². The van der Waals surface area contributed by atoms with E-state index in [4.69, 9.17) is 4.42 Å². The maximum atomic E-state index is 12.1. The molecule has 0 atom stereocenters. The minimum atomic E-state index is -3.46. The predicted molar refractivity (Wildman–Crippen MR) is 76.3 cm³/mol. The van der Waals surface area contributed by atoms with Gasteiger partial charge in [0.25, 0.3) is 10.2 Å². The first kappa shape index (κ1) is 14.2. The van der Waals surface area contributed by atoms with E-state index in [1.54, 1.807) is 24.6 Å². The molecule has 1 aliphatic rings. The Kier molecular flexibility index (Phi) is 4.00. The molecule has 1 aliphatic heterocycles. The molecule has 1 saturated heterocycles. The Balaban J connectivity index is 1.77. The maximum absolute atomic E-state index is 12.1. The smallest absolute Gasteiger partial charge is 0.279 e. The van der Waals surface area contributed by atoms with Gasteiger partial charge >= 0.3 is 0 Å². The van der Waals surface area contributed by atoms with Gasteiger partial charge in [0.15, 0.2) is 5.76 Å². The molecule has 0 amide bonds. The standard InChI is InChI=1S/C13H16N4O3S/c18-21(19,17-7-1-2-8-17)16-10-11-13(15-6-5-14-11)12-4-3-9-20-12/h3-6,9,16H,1-2,7-8,10H2. The molecule has 1 N–H and O–H groups in total. The SMILES string of the molecule is O=S(=O)(NCc1nccnc1-c1ccco1)N1CCCC1. The van der Waals surface area contributed by atoms with E-state index in [-0.39, 0.29) is 6.54 Å². The van der Waals surface area contributed by atoms with Crippen LogP contribution < -0.4 is 4.72 Å². The van der Waals surface area contributed by atoms with Gasteiger partial charge in [-0.25, -0.2) is 4.98 Å². The lowest BCUT2D eigenvalue weighted by Gasteiger charge is -2.16. The van der Waals surface area contributed by atoms with Crippen LogP contribution in [0.25, 0.3) is 11.5 Å². The van der Waals surface area contributed by atoms with Crippen molar-refractivity contribution in [3.63, 3.8) is 0 Å². The summed E-state index contributed by atoms with van der Waals surface area (Å²) >= 11 is 0. The summed E-state index contributed by atoms with van der Waals surface area (Å²) in [6.45, 7) is 1.23. The van der Waals surface area contributed by atoms with E-state index in [0.717, 1.165) is 12.8 Å². The van der Waals surface area contributed by atoms with Gasteiger partial charge in [-0.1, -0.05) is 0 Å². The third-order valence-electron chi connectivity index (χ3n) is 3.36. The van der Waals surface area contributed by atoms with Gasteiger partial charge in [-0.05, 0) is 25.0 Å². The van der Waals surface area contributed by atoms with Gasteiger partial charge in [0, 0.05) is 25.5 Å². The third-order valence-corrected chi connectivity index (χ3v) is 4.91. The van der Waals surface area contributed by atoms with E-state index in [1.165, 1.54) is 10.5 Å². The molecule has 21 heavy (non-hydrogen) atoms. The number of hydrogen-bond donors (Lipinski definition) is 1. The summed E-state index contributed by atoms with van der Waals surface area (Å²) < 4.78 is 33.6. The van der Waals surface area contributed by atoms with Crippen LogP contribution in [0.2, 0.25) is 0 Å². The largest absolute Gasteiger partial charge is 0.463 e. The maximum Gasteiger partial charge on any atom is 0.279 e. The van der Waals surface area contributed by atoms with Crippen molar-refractivity contribution in [1.82, 2.24) is 19.0 Å². The molecule has 3 heterocycles. The van der Waals surface area contributed by atoms with Crippen molar-refractivity contribution in [2.45, 2.75) is 19.4 Å². The molecule has 0 spiro atoms. The summed E-state index contributed by atoms with van der Waals surface area (Å²) in [7, 11) is -3.46. The van der Waals surface area contributed by atoms with Gasteiger partial charge < -0.3 is 4.42 Å². The average molecular weight is 308 g/mol. The van der Waals surface area contributed by atoms with Gasteiger partial charge in [0.2, 0.25) is 0 Å². The van der Waals surface area contributed by atoms with Crippen molar-refractivity contribution < 1.29 is 12.8 Å². The fourth-order valence-electron chi connectivity index (χ4n) is 2.29. The fraction of sp³-hybridized carbons (Fsp3) is 0.385. The first-order valence-corrected chi connectivity index (χ1v) is 8.19. The van der Waals surface area contributed by atoms with Crippen molar-refractivity contribution in [2.75, 3.05) is 13.1 Å². The van der Waals surface area contributed by atoms with Crippen LogP contribution in [0, 0.1) is 0 Å². The van der Waals surface area contributed by atoms with Gasteiger partial charge in [0.1, 0.15) is 5.69 Å². The second kappa shape index (κ2) is 5.92. The lowest BCUT2D eigenvalue weighted by Crippen LogP contribution is -2.38. The Morgan fingerprint density at radius 3 is 2.71 bits per heavy atom. The van der Waals surface area contributed by atoms with Crippen molar-refractivity contribution in [2.24, 2.45) is 0 Å². The molecule has 1 fully saturated rings. The summed E-state index contributed by atoms with van der Waals surface area (Å²) in [6.07, 6.45) is 6.44. The van der Waals surface area contributed by atoms with Crippen LogP contribution in [0.4, 0.5) is 0 Å². The highest BCUT2D eigenvalue weighted by atomic mass is 32.2. The molecular formula is C13H16N4O3S. The van der Waals surface area contributed by atoms with Gasteiger partial charge in [-0.15, -0.1) is 0 Å². The zero-order valence-corrected chi connectivity index (χ0v) is 12.2. The number of nitrogens with zero attached hydrogens (tertiary/aromatic N) is 3. The topological polar surface area (TPSA) is 88.3 Å². The van der Waals surface area contributed by atoms with Crippen LogP contribution in [0.5, 0.6) is 0 Å². The average Bonchev–Trinajstić information content (AvgIpc) is 3.18.